The standard InChI is InChI=1S/C21H29ClN2O/c1-15-5-4-10-24(15)14-17-7-6-16(13-20(17)22)18-11-19(12-18)21(25)23-8-2-3-9-23/h6-7,13,15,18-19H,2-5,8-12,14H2,1H3/t15-,18-,19-/m1/s1. The Kier molecular flexibility index (Phi) is 5.06. The molecule has 3 nitrogen and oxygen atoms in total. The summed E-state index contributed by atoms with van der Waals surface area (Å²) in [6, 6.07) is 7.26. The Balaban J connectivity index is 1.34. The van der Waals surface area contributed by atoms with Gasteiger partial charge in [0.05, 0.1) is 0 Å². The summed E-state index contributed by atoms with van der Waals surface area (Å²) < 4.78 is 0. The third kappa shape index (κ3) is 3.59. The van der Waals surface area contributed by atoms with Crippen LogP contribution in [0.2, 0.25) is 5.02 Å². The van der Waals surface area contributed by atoms with Gasteiger partial charge in [0, 0.05) is 36.6 Å². The Morgan fingerprint density at radius 2 is 1.92 bits per heavy atom. The monoisotopic (exact) mass is 360 g/mol. The highest BCUT2D eigenvalue weighted by atomic mass is 35.5. The van der Waals surface area contributed by atoms with E-state index in [2.05, 4.69) is 34.9 Å². The minimum atomic E-state index is 0.243. The van der Waals surface area contributed by atoms with Crippen molar-refractivity contribution in [2.45, 2.75) is 64.0 Å². The van der Waals surface area contributed by atoms with Gasteiger partial charge in [-0.15, -0.1) is 0 Å². The topological polar surface area (TPSA) is 23.6 Å². The molecule has 0 spiro atoms. The summed E-state index contributed by atoms with van der Waals surface area (Å²) in [6.07, 6.45) is 6.93. The van der Waals surface area contributed by atoms with Gasteiger partial charge in [-0.2, -0.15) is 0 Å². The van der Waals surface area contributed by atoms with Crippen LogP contribution >= 0.6 is 11.6 Å². The van der Waals surface area contributed by atoms with Gasteiger partial charge in [0.1, 0.15) is 0 Å². The van der Waals surface area contributed by atoms with Crippen molar-refractivity contribution < 1.29 is 4.79 Å². The average Bonchev–Trinajstić information content (AvgIpc) is 3.20. The smallest absolute Gasteiger partial charge is 0.225 e. The molecule has 1 atom stereocenters. The Morgan fingerprint density at radius 1 is 1.16 bits per heavy atom. The van der Waals surface area contributed by atoms with Crippen molar-refractivity contribution in [2.24, 2.45) is 5.92 Å². The van der Waals surface area contributed by atoms with Gasteiger partial charge in [-0.1, -0.05) is 23.7 Å². The fourth-order valence-corrected chi connectivity index (χ4v) is 4.93. The third-order valence-corrected chi connectivity index (χ3v) is 6.87. The van der Waals surface area contributed by atoms with Gasteiger partial charge in [-0.25, -0.2) is 0 Å². The molecule has 1 saturated carbocycles. The first-order valence-corrected chi connectivity index (χ1v) is 10.3. The highest BCUT2D eigenvalue weighted by Gasteiger charge is 2.38. The second-order valence-electron chi connectivity index (χ2n) is 8.21. The van der Waals surface area contributed by atoms with Crippen LogP contribution in [0.1, 0.15) is 62.5 Å². The summed E-state index contributed by atoms with van der Waals surface area (Å²) in [6.45, 7) is 6.38. The summed E-state index contributed by atoms with van der Waals surface area (Å²) >= 11 is 6.58. The number of carbonyl (C=O) groups is 1. The van der Waals surface area contributed by atoms with E-state index in [9.17, 15) is 4.79 Å². The molecule has 25 heavy (non-hydrogen) atoms. The fraction of sp³-hybridized carbons (Fsp3) is 0.667. The molecule has 1 aromatic carbocycles. The van der Waals surface area contributed by atoms with E-state index < -0.39 is 0 Å². The van der Waals surface area contributed by atoms with Crippen LogP contribution < -0.4 is 0 Å². The van der Waals surface area contributed by atoms with E-state index in [4.69, 9.17) is 11.6 Å². The molecule has 4 rings (SSSR count). The van der Waals surface area contributed by atoms with Crippen molar-refractivity contribution in [2.75, 3.05) is 19.6 Å². The molecule has 2 saturated heterocycles. The summed E-state index contributed by atoms with van der Waals surface area (Å²) in [5, 5.41) is 0.894. The molecule has 0 aromatic heterocycles. The summed E-state index contributed by atoms with van der Waals surface area (Å²) in [5.41, 5.74) is 2.55. The lowest BCUT2D eigenvalue weighted by atomic mass is 9.70. The van der Waals surface area contributed by atoms with Crippen LogP contribution in [-0.4, -0.2) is 41.4 Å². The van der Waals surface area contributed by atoms with E-state index in [1.165, 1.54) is 43.4 Å². The molecule has 1 aliphatic carbocycles. The fourth-order valence-electron chi connectivity index (χ4n) is 4.68. The second kappa shape index (κ2) is 7.28. The Labute approximate surface area is 156 Å². The van der Waals surface area contributed by atoms with Crippen LogP contribution in [0.3, 0.4) is 0 Å². The molecule has 0 bridgehead atoms. The van der Waals surface area contributed by atoms with Gasteiger partial charge in [-0.3, -0.25) is 9.69 Å². The van der Waals surface area contributed by atoms with Gasteiger partial charge in [-0.05, 0) is 75.1 Å². The molecule has 2 heterocycles. The molecule has 2 aliphatic heterocycles. The molecule has 1 amide bonds. The van der Waals surface area contributed by atoms with Crippen LogP contribution in [0.25, 0.3) is 0 Å². The first-order chi connectivity index (χ1) is 12.1. The molecular weight excluding hydrogens is 332 g/mol. The molecular formula is C21H29ClN2O. The maximum absolute atomic E-state index is 12.4. The summed E-state index contributed by atoms with van der Waals surface area (Å²) in [5.74, 6) is 1.14. The predicted molar refractivity (Wildman–Crippen MR) is 102 cm³/mol. The van der Waals surface area contributed by atoms with Crippen LogP contribution in [0.15, 0.2) is 18.2 Å². The lowest BCUT2D eigenvalue weighted by Crippen LogP contribution is -2.39. The van der Waals surface area contributed by atoms with E-state index in [1.807, 2.05) is 0 Å². The Morgan fingerprint density at radius 3 is 2.56 bits per heavy atom. The van der Waals surface area contributed by atoms with Crippen molar-refractivity contribution in [3.05, 3.63) is 34.3 Å². The van der Waals surface area contributed by atoms with Crippen molar-refractivity contribution in [3.8, 4) is 0 Å². The van der Waals surface area contributed by atoms with Crippen LogP contribution in [0.5, 0.6) is 0 Å². The minimum absolute atomic E-state index is 0.243. The lowest BCUT2D eigenvalue weighted by Gasteiger charge is -2.37. The number of carbonyl (C=O) groups excluding carboxylic acids is 1. The maximum Gasteiger partial charge on any atom is 0.225 e. The highest BCUT2D eigenvalue weighted by Crippen LogP contribution is 2.43. The number of rotatable bonds is 4. The van der Waals surface area contributed by atoms with E-state index in [0.717, 1.165) is 37.5 Å². The van der Waals surface area contributed by atoms with Gasteiger partial charge in [0.15, 0.2) is 0 Å². The number of halogens is 1. The molecule has 136 valence electrons. The minimum Gasteiger partial charge on any atom is -0.342 e. The molecule has 3 fully saturated rings. The number of benzene rings is 1. The number of nitrogens with zero attached hydrogens (tertiary/aromatic N) is 2. The number of hydrogen-bond acceptors (Lipinski definition) is 2. The van der Waals surface area contributed by atoms with Crippen LogP contribution in [0, 0.1) is 5.92 Å². The Hall–Kier alpha value is -1.06. The third-order valence-electron chi connectivity index (χ3n) is 6.52. The summed E-state index contributed by atoms with van der Waals surface area (Å²) in [7, 11) is 0. The number of likely N-dealkylation sites (tertiary alicyclic amines) is 2. The van der Waals surface area contributed by atoms with E-state index in [0.29, 0.717) is 17.9 Å². The lowest BCUT2D eigenvalue weighted by molar-refractivity contribution is -0.137. The van der Waals surface area contributed by atoms with E-state index >= 15 is 0 Å². The normalized spacial score (nSPS) is 29.8. The zero-order valence-electron chi connectivity index (χ0n) is 15.2. The van der Waals surface area contributed by atoms with Crippen molar-refractivity contribution >= 4 is 17.5 Å². The molecule has 3 aliphatic rings. The van der Waals surface area contributed by atoms with Crippen molar-refractivity contribution in [1.29, 1.82) is 0 Å². The largest absolute Gasteiger partial charge is 0.342 e. The van der Waals surface area contributed by atoms with E-state index in [1.54, 1.807) is 0 Å². The van der Waals surface area contributed by atoms with Gasteiger partial charge >= 0.3 is 0 Å². The quantitative estimate of drug-likeness (QED) is 0.792. The van der Waals surface area contributed by atoms with Crippen LogP contribution in [0.4, 0.5) is 0 Å². The van der Waals surface area contributed by atoms with Gasteiger partial charge in [0.2, 0.25) is 5.91 Å². The number of amides is 1. The van der Waals surface area contributed by atoms with E-state index in [-0.39, 0.29) is 5.92 Å². The first kappa shape index (κ1) is 17.4. The number of hydrogen-bond donors (Lipinski definition) is 0. The molecule has 1 aromatic rings. The SMILES string of the molecule is C[C@@H]1CCCN1Cc1ccc([C@H]2C[C@H](C(=O)N3CCCC3)C2)cc1Cl. The maximum atomic E-state index is 12.4. The molecule has 4 heteroatoms. The molecule has 0 unspecified atom stereocenters. The van der Waals surface area contributed by atoms with Gasteiger partial charge < -0.3 is 4.90 Å². The zero-order chi connectivity index (χ0) is 17.4. The van der Waals surface area contributed by atoms with Gasteiger partial charge in [0.25, 0.3) is 0 Å². The predicted octanol–water partition coefficient (Wildman–Crippen LogP) is 4.44. The van der Waals surface area contributed by atoms with Crippen LogP contribution in [-0.2, 0) is 11.3 Å². The average molecular weight is 361 g/mol. The summed E-state index contributed by atoms with van der Waals surface area (Å²) in [4.78, 5) is 17.0. The molecule has 0 N–H and O–H groups in total. The van der Waals surface area contributed by atoms with Crippen molar-refractivity contribution in [3.63, 3.8) is 0 Å². The second-order valence-corrected chi connectivity index (χ2v) is 8.62. The zero-order valence-corrected chi connectivity index (χ0v) is 16.0. The molecule has 0 radical (unpaired) electrons. The van der Waals surface area contributed by atoms with Crippen molar-refractivity contribution in [1.82, 2.24) is 9.80 Å². The highest BCUT2D eigenvalue weighted by molar-refractivity contribution is 6.31. The first-order valence-electron chi connectivity index (χ1n) is 9.93. The Bertz CT molecular complexity index is 635.